The smallest absolute Gasteiger partial charge is 0.303 e. The molecule has 0 saturated carbocycles. The van der Waals surface area contributed by atoms with Crippen LogP contribution in [0.4, 0.5) is 0 Å². The summed E-state index contributed by atoms with van der Waals surface area (Å²) in [5.74, 6) is 1.06. The Morgan fingerprint density at radius 2 is 2.29 bits per heavy atom. The van der Waals surface area contributed by atoms with Gasteiger partial charge in [0.2, 0.25) is 0 Å². The molecule has 1 aromatic carbocycles. The van der Waals surface area contributed by atoms with Gasteiger partial charge in [-0.1, -0.05) is 0 Å². The highest BCUT2D eigenvalue weighted by Gasteiger charge is 2.22. The first kappa shape index (κ1) is 15.6. The van der Waals surface area contributed by atoms with Gasteiger partial charge in [-0.05, 0) is 39.1 Å². The summed E-state index contributed by atoms with van der Waals surface area (Å²) in [5.41, 5.74) is 2.26. The van der Waals surface area contributed by atoms with Gasteiger partial charge in [0, 0.05) is 30.5 Å². The number of hydrogen-bond donors (Lipinski definition) is 1. The molecule has 0 amide bonds. The molecule has 5 heteroatoms. The van der Waals surface area contributed by atoms with E-state index in [1.807, 2.05) is 13.1 Å². The second-order valence-corrected chi connectivity index (χ2v) is 5.64. The molecule has 1 N–H and O–H groups in total. The number of carbonyl (C=O) groups is 1. The van der Waals surface area contributed by atoms with E-state index < -0.39 is 5.97 Å². The van der Waals surface area contributed by atoms with Gasteiger partial charge in [0.1, 0.15) is 17.6 Å². The maximum atomic E-state index is 10.5. The first-order valence-corrected chi connectivity index (χ1v) is 7.26. The van der Waals surface area contributed by atoms with Crippen LogP contribution >= 0.6 is 0 Å². The van der Waals surface area contributed by atoms with Crippen LogP contribution < -0.4 is 9.47 Å². The third-order valence-corrected chi connectivity index (χ3v) is 3.67. The Bertz CT molecular complexity index is 515. The number of methoxy groups -OCH3 is 1. The Balaban J connectivity index is 2.02. The summed E-state index contributed by atoms with van der Waals surface area (Å²) in [4.78, 5) is 12.6. The highest BCUT2D eigenvalue weighted by Crippen LogP contribution is 2.35. The molecule has 0 radical (unpaired) electrons. The second-order valence-electron chi connectivity index (χ2n) is 5.64. The molecule has 0 fully saturated rings. The van der Waals surface area contributed by atoms with Crippen LogP contribution in [-0.2, 0) is 17.8 Å². The van der Waals surface area contributed by atoms with Gasteiger partial charge < -0.3 is 19.5 Å². The zero-order valence-corrected chi connectivity index (χ0v) is 12.9. The van der Waals surface area contributed by atoms with E-state index in [9.17, 15) is 4.79 Å². The van der Waals surface area contributed by atoms with Crippen LogP contribution in [0.15, 0.2) is 12.1 Å². The lowest BCUT2D eigenvalue weighted by Gasteiger charge is -2.18. The van der Waals surface area contributed by atoms with Crippen molar-refractivity contribution < 1.29 is 19.4 Å². The predicted octanol–water partition coefficient (Wildman–Crippen LogP) is 2.32. The lowest BCUT2D eigenvalue weighted by Crippen LogP contribution is -2.20. The molecule has 1 aromatic rings. The van der Waals surface area contributed by atoms with Crippen LogP contribution in [0.2, 0.25) is 0 Å². The third-order valence-electron chi connectivity index (χ3n) is 3.67. The number of fused-ring (bicyclic) bond motifs is 1. The van der Waals surface area contributed by atoms with Gasteiger partial charge >= 0.3 is 5.97 Å². The minimum absolute atomic E-state index is 0.201. The lowest BCUT2D eigenvalue weighted by molar-refractivity contribution is -0.137. The Kier molecular flexibility index (Phi) is 5.07. The Morgan fingerprint density at radius 1 is 1.52 bits per heavy atom. The molecule has 0 bridgehead atoms. The number of hydrogen-bond acceptors (Lipinski definition) is 4. The van der Waals surface area contributed by atoms with Gasteiger partial charge in [-0.3, -0.25) is 4.79 Å². The minimum Gasteiger partial charge on any atom is -0.496 e. The van der Waals surface area contributed by atoms with Crippen molar-refractivity contribution >= 4 is 5.97 Å². The molecule has 1 unspecified atom stereocenters. The van der Waals surface area contributed by atoms with Crippen LogP contribution in [0.1, 0.15) is 30.9 Å². The summed E-state index contributed by atoms with van der Waals surface area (Å²) in [6, 6.07) is 4.10. The average molecular weight is 293 g/mol. The molecular weight excluding hydrogens is 270 g/mol. The van der Waals surface area contributed by atoms with Gasteiger partial charge in [0.15, 0.2) is 0 Å². The summed E-state index contributed by atoms with van der Waals surface area (Å²) in [5, 5.41) is 8.67. The van der Waals surface area contributed by atoms with Crippen LogP contribution in [-0.4, -0.2) is 42.8 Å². The van der Waals surface area contributed by atoms with Crippen molar-refractivity contribution in [1.29, 1.82) is 0 Å². The molecular formula is C16H23NO4. The molecule has 0 spiro atoms. The standard InChI is InChI=1S/C16H23NO4/c1-11-7-12-8-14(20-3)13(9-15(12)21-11)10-17(2)6-4-5-16(18)19/h8-9,11H,4-7,10H2,1-3H3,(H,18,19). The van der Waals surface area contributed by atoms with E-state index in [2.05, 4.69) is 17.9 Å². The van der Waals surface area contributed by atoms with Gasteiger partial charge in [-0.15, -0.1) is 0 Å². The lowest BCUT2D eigenvalue weighted by atomic mass is 10.1. The maximum Gasteiger partial charge on any atom is 0.303 e. The van der Waals surface area contributed by atoms with Gasteiger partial charge in [0.05, 0.1) is 7.11 Å². The second kappa shape index (κ2) is 6.80. The minimum atomic E-state index is -0.749. The van der Waals surface area contributed by atoms with Gasteiger partial charge in [-0.25, -0.2) is 0 Å². The number of aliphatic carboxylic acids is 1. The molecule has 2 rings (SSSR count). The Hall–Kier alpha value is -1.75. The van der Waals surface area contributed by atoms with Crippen molar-refractivity contribution in [2.24, 2.45) is 0 Å². The predicted molar refractivity (Wildman–Crippen MR) is 80.0 cm³/mol. The number of carboxylic acid groups (broad SMARTS) is 1. The van der Waals surface area contributed by atoms with E-state index >= 15 is 0 Å². The van der Waals surface area contributed by atoms with Crippen molar-refractivity contribution in [2.45, 2.75) is 38.8 Å². The van der Waals surface area contributed by atoms with E-state index in [4.69, 9.17) is 14.6 Å². The normalized spacial score (nSPS) is 16.7. The fraction of sp³-hybridized carbons (Fsp3) is 0.562. The van der Waals surface area contributed by atoms with E-state index in [1.54, 1.807) is 7.11 Å². The third kappa shape index (κ3) is 4.11. The summed E-state index contributed by atoms with van der Waals surface area (Å²) in [7, 11) is 3.66. The monoisotopic (exact) mass is 293 g/mol. The molecule has 21 heavy (non-hydrogen) atoms. The van der Waals surface area contributed by atoms with E-state index in [1.165, 1.54) is 5.56 Å². The molecule has 5 nitrogen and oxygen atoms in total. The number of rotatable bonds is 7. The zero-order valence-electron chi connectivity index (χ0n) is 12.9. The Labute approximate surface area is 125 Å². The quantitative estimate of drug-likeness (QED) is 0.836. The van der Waals surface area contributed by atoms with Crippen LogP contribution in [0.5, 0.6) is 11.5 Å². The zero-order chi connectivity index (χ0) is 15.4. The molecule has 0 saturated heterocycles. The maximum absolute atomic E-state index is 10.5. The summed E-state index contributed by atoms with van der Waals surface area (Å²) in [6.45, 7) is 3.52. The number of benzene rings is 1. The van der Waals surface area contributed by atoms with Crippen molar-refractivity contribution in [2.75, 3.05) is 20.7 Å². The summed E-state index contributed by atoms with van der Waals surface area (Å²) in [6.07, 6.45) is 1.98. The van der Waals surface area contributed by atoms with Crippen LogP contribution in [0, 0.1) is 0 Å². The molecule has 1 aliphatic heterocycles. The van der Waals surface area contributed by atoms with Crippen LogP contribution in [0.25, 0.3) is 0 Å². The van der Waals surface area contributed by atoms with Crippen molar-refractivity contribution in [1.82, 2.24) is 4.90 Å². The topological polar surface area (TPSA) is 59.0 Å². The average Bonchev–Trinajstić information content (AvgIpc) is 2.76. The van der Waals surface area contributed by atoms with Gasteiger partial charge in [-0.2, -0.15) is 0 Å². The Morgan fingerprint density at radius 3 is 2.95 bits per heavy atom. The van der Waals surface area contributed by atoms with Crippen molar-refractivity contribution in [3.8, 4) is 11.5 Å². The van der Waals surface area contributed by atoms with Crippen LogP contribution in [0.3, 0.4) is 0 Å². The number of carboxylic acids is 1. The SMILES string of the molecule is COc1cc2c(cc1CN(C)CCCC(=O)O)OC(C)C2. The molecule has 116 valence electrons. The van der Waals surface area contributed by atoms with Crippen molar-refractivity contribution in [3.63, 3.8) is 0 Å². The summed E-state index contributed by atoms with van der Waals surface area (Å²) >= 11 is 0. The summed E-state index contributed by atoms with van der Waals surface area (Å²) < 4.78 is 11.3. The first-order chi connectivity index (χ1) is 9.99. The fourth-order valence-corrected chi connectivity index (χ4v) is 2.67. The molecule has 0 aromatic heterocycles. The fourth-order valence-electron chi connectivity index (χ4n) is 2.67. The molecule has 1 atom stereocenters. The number of nitrogens with zero attached hydrogens (tertiary/aromatic N) is 1. The molecule has 1 heterocycles. The van der Waals surface area contributed by atoms with Crippen molar-refractivity contribution in [3.05, 3.63) is 23.3 Å². The van der Waals surface area contributed by atoms with E-state index in [0.29, 0.717) is 13.0 Å². The van der Waals surface area contributed by atoms with E-state index in [-0.39, 0.29) is 12.5 Å². The highest BCUT2D eigenvalue weighted by molar-refractivity contribution is 5.66. The largest absolute Gasteiger partial charge is 0.496 e. The van der Waals surface area contributed by atoms with Gasteiger partial charge in [0.25, 0.3) is 0 Å². The highest BCUT2D eigenvalue weighted by atomic mass is 16.5. The van der Waals surface area contributed by atoms with E-state index in [0.717, 1.165) is 30.0 Å². The first-order valence-electron chi connectivity index (χ1n) is 7.26. The number of ether oxygens (including phenoxy) is 2. The molecule has 0 aliphatic carbocycles. The molecule has 1 aliphatic rings.